The molecule has 6 heteroatoms. The summed E-state index contributed by atoms with van der Waals surface area (Å²) in [5.41, 5.74) is 3.30. The number of piperidine rings is 1. The number of nitrogens with one attached hydrogen (secondary N) is 1. The van der Waals surface area contributed by atoms with E-state index in [4.69, 9.17) is 0 Å². The number of rotatable bonds is 4. The summed E-state index contributed by atoms with van der Waals surface area (Å²) in [6.07, 6.45) is 3.28. The molecule has 0 radical (unpaired) electrons. The summed E-state index contributed by atoms with van der Waals surface area (Å²) >= 11 is 3.53. The lowest BCUT2D eigenvalue weighted by Gasteiger charge is -2.32. The van der Waals surface area contributed by atoms with Crippen LogP contribution in [0.5, 0.6) is 0 Å². The fourth-order valence-electron chi connectivity index (χ4n) is 3.66. The van der Waals surface area contributed by atoms with Gasteiger partial charge in [-0.05, 0) is 43.5 Å². The number of carbonyl (C=O) groups excluding carboxylic acids is 1. The van der Waals surface area contributed by atoms with Crippen molar-refractivity contribution in [2.75, 3.05) is 18.0 Å². The van der Waals surface area contributed by atoms with Crippen molar-refractivity contribution in [2.24, 2.45) is 5.92 Å². The first kappa shape index (κ1) is 18.9. The first-order valence-corrected chi connectivity index (χ1v) is 10.4. The molecular weight excluding hydrogens is 416 g/mol. The first-order valence-electron chi connectivity index (χ1n) is 9.58. The van der Waals surface area contributed by atoms with Crippen molar-refractivity contribution in [3.63, 3.8) is 0 Å². The van der Waals surface area contributed by atoms with Gasteiger partial charge in [-0.1, -0.05) is 45.8 Å². The van der Waals surface area contributed by atoms with E-state index in [0.717, 1.165) is 52.7 Å². The number of benzene rings is 2. The number of hydrogen-bond acceptors (Lipinski definition) is 4. The predicted octanol–water partition coefficient (Wildman–Crippen LogP) is 4.23. The maximum absolute atomic E-state index is 12.6. The second kappa shape index (κ2) is 8.27. The van der Waals surface area contributed by atoms with Crippen LogP contribution in [0.1, 0.15) is 24.0 Å². The number of nitrogens with zero attached hydrogens (tertiary/aromatic N) is 3. The summed E-state index contributed by atoms with van der Waals surface area (Å²) in [6.45, 7) is 4.29. The predicted molar refractivity (Wildman–Crippen MR) is 115 cm³/mol. The topological polar surface area (TPSA) is 58.1 Å². The Morgan fingerprint density at radius 2 is 1.89 bits per heavy atom. The van der Waals surface area contributed by atoms with Crippen molar-refractivity contribution < 1.29 is 4.79 Å². The molecule has 0 unspecified atom stereocenters. The standard InChI is InChI=1S/C22H23BrN4O/c1-15-2-4-16(5-3-15)13-24-22(28)17-8-10-27(11-9-17)21-19-12-18(23)6-7-20(19)25-14-26-21/h2-7,12,14,17H,8-11,13H2,1H3,(H,24,28). The van der Waals surface area contributed by atoms with Crippen molar-refractivity contribution >= 4 is 38.6 Å². The van der Waals surface area contributed by atoms with Crippen LogP contribution in [0.3, 0.4) is 0 Å². The maximum atomic E-state index is 12.6. The van der Waals surface area contributed by atoms with Gasteiger partial charge >= 0.3 is 0 Å². The normalized spacial score (nSPS) is 15.0. The number of hydrogen-bond donors (Lipinski definition) is 1. The molecule has 144 valence electrons. The number of fused-ring (bicyclic) bond motifs is 1. The molecule has 1 saturated heterocycles. The van der Waals surface area contributed by atoms with Crippen LogP contribution >= 0.6 is 15.9 Å². The molecule has 2 aromatic carbocycles. The van der Waals surface area contributed by atoms with Gasteiger partial charge in [0.1, 0.15) is 12.1 Å². The second-order valence-electron chi connectivity index (χ2n) is 7.32. The van der Waals surface area contributed by atoms with Gasteiger partial charge in [0.15, 0.2) is 0 Å². The zero-order valence-electron chi connectivity index (χ0n) is 15.9. The third-order valence-corrected chi connectivity index (χ3v) is 5.82. The summed E-state index contributed by atoms with van der Waals surface area (Å²) in [6, 6.07) is 14.3. The van der Waals surface area contributed by atoms with Crippen LogP contribution in [0.4, 0.5) is 5.82 Å². The Morgan fingerprint density at radius 1 is 1.14 bits per heavy atom. The highest BCUT2D eigenvalue weighted by atomic mass is 79.9. The van der Waals surface area contributed by atoms with Crippen molar-refractivity contribution in [1.29, 1.82) is 0 Å². The summed E-state index contributed by atoms with van der Waals surface area (Å²) in [5.74, 6) is 1.15. The number of aromatic nitrogens is 2. The zero-order valence-corrected chi connectivity index (χ0v) is 17.4. The first-order chi connectivity index (χ1) is 13.6. The summed E-state index contributed by atoms with van der Waals surface area (Å²) in [5, 5.41) is 4.13. The molecule has 0 atom stereocenters. The monoisotopic (exact) mass is 438 g/mol. The lowest BCUT2D eigenvalue weighted by atomic mass is 9.95. The van der Waals surface area contributed by atoms with Crippen molar-refractivity contribution in [3.05, 3.63) is 64.4 Å². The molecule has 1 aliphatic rings. The molecule has 0 aliphatic carbocycles. The van der Waals surface area contributed by atoms with Crippen LogP contribution in [0.2, 0.25) is 0 Å². The molecule has 2 heterocycles. The van der Waals surface area contributed by atoms with E-state index < -0.39 is 0 Å². The third kappa shape index (κ3) is 4.17. The van der Waals surface area contributed by atoms with Gasteiger partial charge in [-0.3, -0.25) is 4.79 Å². The van der Waals surface area contributed by atoms with E-state index >= 15 is 0 Å². The van der Waals surface area contributed by atoms with E-state index in [1.165, 1.54) is 5.56 Å². The molecule has 1 aliphatic heterocycles. The van der Waals surface area contributed by atoms with E-state index in [1.807, 2.05) is 12.1 Å². The Labute approximate surface area is 173 Å². The number of aryl methyl sites for hydroxylation is 1. The summed E-state index contributed by atoms with van der Waals surface area (Å²) in [7, 11) is 0. The van der Waals surface area contributed by atoms with Gasteiger partial charge in [-0.15, -0.1) is 0 Å². The fourth-order valence-corrected chi connectivity index (χ4v) is 4.02. The van der Waals surface area contributed by atoms with Gasteiger partial charge in [0.25, 0.3) is 0 Å². The number of amides is 1. The average molecular weight is 439 g/mol. The molecule has 1 fully saturated rings. The fraction of sp³-hybridized carbons (Fsp3) is 0.318. The molecule has 1 aromatic heterocycles. The van der Waals surface area contributed by atoms with E-state index in [1.54, 1.807) is 6.33 Å². The van der Waals surface area contributed by atoms with E-state index in [-0.39, 0.29) is 11.8 Å². The Bertz CT molecular complexity index is 981. The molecule has 0 spiro atoms. The molecule has 5 nitrogen and oxygen atoms in total. The zero-order chi connectivity index (χ0) is 19.5. The second-order valence-corrected chi connectivity index (χ2v) is 8.24. The van der Waals surface area contributed by atoms with Crippen LogP contribution in [0.25, 0.3) is 10.9 Å². The van der Waals surface area contributed by atoms with Crippen molar-refractivity contribution in [2.45, 2.75) is 26.3 Å². The molecule has 0 saturated carbocycles. The number of anilines is 1. The van der Waals surface area contributed by atoms with Gasteiger partial charge in [-0.25, -0.2) is 9.97 Å². The maximum Gasteiger partial charge on any atom is 0.223 e. The van der Waals surface area contributed by atoms with Gasteiger partial charge < -0.3 is 10.2 Å². The van der Waals surface area contributed by atoms with Crippen LogP contribution in [-0.4, -0.2) is 29.0 Å². The molecular formula is C22H23BrN4O. The third-order valence-electron chi connectivity index (χ3n) is 5.33. The minimum absolute atomic E-state index is 0.0570. The summed E-state index contributed by atoms with van der Waals surface area (Å²) in [4.78, 5) is 23.7. The highest BCUT2D eigenvalue weighted by molar-refractivity contribution is 9.10. The average Bonchev–Trinajstić information content (AvgIpc) is 2.73. The molecule has 3 aromatic rings. The molecule has 0 bridgehead atoms. The van der Waals surface area contributed by atoms with Gasteiger partial charge in [0.2, 0.25) is 5.91 Å². The van der Waals surface area contributed by atoms with Crippen molar-refractivity contribution in [3.8, 4) is 0 Å². The van der Waals surface area contributed by atoms with E-state index in [2.05, 4.69) is 73.4 Å². The van der Waals surface area contributed by atoms with E-state index in [0.29, 0.717) is 6.54 Å². The SMILES string of the molecule is Cc1ccc(CNC(=O)C2CCN(c3ncnc4ccc(Br)cc34)CC2)cc1. The smallest absolute Gasteiger partial charge is 0.223 e. The molecule has 28 heavy (non-hydrogen) atoms. The lowest BCUT2D eigenvalue weighted by molar-refractivity contribution is -0.125. The Balaban J connectivity index is 1.37. The minimum atomic E-state index is 0.0570. The largest absolute Gasteiger partial charge is 0.356 e. The number of halogens is 1. The van der Waals surface area contributed by atoms with Gasteiger partial charge in [0.05, 0.1) is 5.52 Å². The van der Waals surface area contributed by atoms with Gasteiger partial charge in [-0.2, -0.15) is 0 Å². The van der Waals surface area contributed by atoms with Crippen LogP contribution in [-0.2, 0) is 11.3 Å². The van der Waals surface area contributed by atoms with Crippen molar-refractivity contribution in [1.82, 2.24) is 15.3 Å². The molecule has 1 N–H and O–H groups in total. The van der Waals surface area contributed by atoms with E-state index in [9.17, 15) is 4.79 Å². The van der Waals surface area contributed by atoms with Crippen LogP contribution < -0.4 is 10.2 Å². The Kier molecular flexibility index (Phi) is 5.57. The molecule has 4 rings (SSSR count). The molecule has 1 amide bonds. The highest BCUT2D eigenvalue weighted by Gasteiger charge is 2.26. The van der Waals surface area contributed by atoms with Gasteiger partial charge in [0, 0.05) is 35.4 Å². The van der Waals surface area contributed by atoms with Crippen LogP contribution in [0, 0.1) is 12.8 Å². The lowest BCUT2D eigenvalue weighted by Crippen LogP contribution is -2.40. The quantitative estimate of drug-likeness (QED) is 0.661. The van der Waals surface area contributed by atoms with Crippen LogP contribution in [0.15, 0.2) is 53.3 Å². The Morgan fingerprint density at radius 3 is 2.64 bits per heavy atom. The highest BCUT2D eigenvalue weighted by Crippen LogP contribution is 2.29. The minimum Gasteiger partial charge on any atom is -0.356 e. The Hall–Kier alpha value is -2.47. The number of carbonyl (C=O) groups is 1. The summed E-state index contributed by atoms with van der Waals surface area (Å²) < 4.78 is 1.02.